The van der Waals surface area contributed by atoms with Gasteiger partial charge in [-0.3, -0.25) is 9.48 Å². The lowest BCUT2D eigenvalue weighted by molar-refractivity contribution is 0.102. The number of nitrogens with one attached hydrogen (secondary N) is 1. The number of halogens is 1. The zero-order chi connectivity index (χ0) is 13.1. The molecular weight excluding hydrogens is 343 g/mol. The molecule has 1 heterocycles. The maximum absolute atomic E-state index is 12.0. The van der Waals surface area contributed by atoms with Gasteiger partial charge in [-0.1, -0.05) is 6.07 Å². The number of hydrogen-bond acceptors (Lipinski definition) is 3. The summed E-state index contributed by atoms with van der Waals surface area (Å²) < 4.78 is 2.69. The number of benzene rings is 1. The fraction of sp³-hybridized carbons (Fsp3) is 0.167. The summed E-state index contributed by atoms with van der Waals surface area (Å²) in [5.41, 5.74) is 7.14. The Morgan fingerprint density at radius 3 is 2.94 bits per heavy atom. The van der Waals surface area contributed by atoms with E-state index >= 15 is 0 Å². The van der Waals surface area contributed by atoms with Gasteiger partial charge in [-0.15, -0.1) is 0 Å². The largest absolute Gasteiger partial charge is 0.396 e. The number of anilines is 2. The molecule has 2 aromatic rings. The number of rotatable bonds is 3. The van der Waals surface area contributed by atoms with Gasteiger partial charge >= 0.3 is 0 Å². The Hall–Kier alpha value is -1.57. The van der Waals surface area contributed by atoms with Crippen LogP contribution >= 0.6 is 22.6 Å². The van der Waals surface area contributed by atoms with E-state index in [1.54, 1.807) is 10.9 Å². The summed E-state index contributed by atoms with van der Waals surface area (Å²) in [6.45, 7) is 2.62. The van der Waals surface area contributed by atoms with Gasteiger partial charge in [-0.25, -0.2) is 0 Å². The molecule has 0 aliphatic heterocycles. The monoisotopic (exact) mass is 356 g/mol. The topological polar surface area (TPSA) is 72.9 Å². The van der Waals surface area contributed by atoms with E-state index in [1.807, 2.05) is 31.2 Å². The molecule has 1 aromatic carbocycles. The van der Waals surface area contributed by atoms with Gasteiger partial charge in [0.2, 0.25) is 0 Å². The Morgan fingerprint density at radius 2 is 2.33 bits per heavy atom. The second kappa shape index (κ2) is 5.38. The molecule has 2 rings (SSSR count). The molecule has 0 saturated carbocycles. The molecule has 1 aromatic heterocycles. The lowest BCUT2D eigenvalue weighted by Crippen LogP contribution is -2.14. The van der Waals surface area contributed by atoms with Crippen LogP contribution < -0.4 is 11.1 Å². The first-order chi connectivity index (χ1) is 8.60. The molecule has 1 amide bonds. The highest BCUT2D eigenvalue weighted by molar-refractivity contribution is 14.1. The number of hydrogen-bond donors (Lipinski definition) is 2. The van der Waals surface area contributed by atoms with E-state index in [4.69, 9.17) is 5.73 Å². The maximum atomic E-state index is 12.0. The number of aryl methyl sites for hydroxylation is 1. The third-order valence-corrected chi connectivity index (χ3v) is 3.08. The summed E-state index contributed by atoms with van der Waals surface area (Å²) in [7, 11) is 0. The van der Waals surface area contributed by atoms with E-state index in [2.05, 4.69) is 33.0 Å². The molecule has 0 aliphatic rings. The van der Waals surface area contributed by atoms with E-state index in [-0.39, 0.29) is 11.6 Å². The van der Waals surface area contributed by atoms with Gasteiger partial charge in [0.25, 0.3) is 5.91 Å². The van der Waals surface area contributed by atoms with Crippen molar-refractivity contribution < 1.29 is 4.79 Å². The van der Waals surface area contributed by atoms with Gasteiger partial charge in [0, 0.05) is 22.0 Å². The summed E-state index contributed by atoms with van der Waals surface area (Å²) in [6, 6.07) is 7.54. The third kappa shape index (κ3) is 2.81. The Balaban J connectivity index is 2.19. The fourth-order valence-electron chi connectivity index (χ4n) is 1.53. The zero-order valence-corrected chi connectivity index (χ0v) is 12.0. The number of nitrogens with zero attached hydrogens (tertiary/aromatic N) is 2. The van der Waals surface area contributed by atoms with Crippen LogP contribution in [0.2, 0.25) is 0 Å². The van der Waals surface area contributed by atoms with Crippen LogP contribution in [0, 0.1) is 3.57 Å². The normalized spacial score (nSPS) is 10.3. The molecule has 0 spiro atoms. The summed E-state index contributed by atoms with van der Waals surface area (Å²) in [5, 5.41) is 6.90. The molecule has 0 saturated heterocycles. The van der Waals surface area contributed by atoms with Gasteiger partial charge in [-0.05, 0) is 47.7 Å². The molecule has 0 aliphatic carbocycles. The van der Waals surface area contributed by atoms with Crippen LogP contribution in [0.1, 0.15) is 17.4 Å². The lowest BCUT2D eigenvalue weighted by Gasteiger charge is -2.04. The van der Waals surface area contributed by atoms with E-state index < -0.39 is 0 Å². The fourth-order valence-corrected chi connectivity index (χ4v) is 2.07. The van der Waals surface area contributed by atoms with Crippen molar-refractivity contribution >= 4 is 39.9 Å². The summed E-state index contributed by atoms with van der Waals surface area (Å²) >= 11 is 2.19. The van der Waals surface area contributed by atoms with Crippen LogP contribution in [0.3, 0.4) is 0 Å². The molecule has 0 bridgehead atoms. The van der Waals surface area contributed by atoms with E-state index in [1.165, 1.54) is 0 Å². The molecule has 94 valence electrons. The number of carbonyl (C=O) groups excluding carboxylic acids is 1. The average Bonchev–Trinajstić information content (AvgIpc) is 2.70. The predicted octanol–water partition coefficient (Wildman–Crippen LogP) is 2.34. The standard InChI is InChI=1S/C12H13IN4O/c1-2-17-7-10(14)11(16-17)12(18)15-9-5-3-4-8(13)6-9/h3-7H,2,14H2,1H3,(H,15,18). The minimum Gasteiger partial charge on any atom is -0.396 e. The summed E-state index contributed by atoms with van der Waals surface area (Å²) in [5.74, 6) is -0.290. The first kappa shape index (κ1) is 12.9. The van der Waals surface area contributed by atoms with Crippen LogP contribution in [0.25, 0.3) is 0 Å². The molecular formula is C12H13IN4O. The Kier molecular flexibility index (Phi) is 3.85. The Bertz CT molecular complexity index is 579. The summed E-state index contributed by atoms with van der Waals surface area (Å²) in [4.78, 5) is 12.0. The number of aromatic nitrogens is 2. The molecule has 0 fully saturated rings. The smallest absolute Gasteiger partial charge is 0.278 e. The van der Waals surface area contributed by atoms with E-state index in [9.17, 15) is 4.79 Å². The summed E-state index contributed by atoms with van der Waals surface area (Å²) in [6.07, 6.45) is 1.66. The van der Waals surface area contributed by atoms with Crippen molar-refractivity contribution in [1.29, 1.82) is 0 Å². The van der Waals surface area contributed by atoms with E-state index in [0.717, 1.165) is 9.26 Å². The van der Waals surface area contributed by atoms with Crippen molar-refractivity contribution in [3.8, 4) is 0 Å². The number of amides is 1. The third-order valence-electron chi connectivity index (χ3n) is 2.41. The van der Waals surface area contributed by atoms with Gasteiger partial charge in [0.1, 0.15) is 0 Å². The highest BCUT2D eigenvalue weighted by Crippen LogP contribution is 2.15. The van der Waals surface area contributed by atoms with Crippen LogP contribution in [0.5, 0.6) is 0 Å². The molecule has 0 atom stereocenters. The van der Waals surface area contributed by atoms with Crippen LogP contribution in [0.4, 0.5) is 11.4 Å². The van der Waals surface area contributed by atoms with Gasteiger partial charge in [-0.2, -0.15) is 5.10 Å². The highest BCUT2D eigenvalue weighted by atomic mass is 127. The van der Waals surface area contributed by atoms with Gasteiger partial charge in [0.05, 0.1) is 5.69 Å². The lowest BCUT2D eigenvalue weighted by atomic mass is 10.3. The van der Waals surface area contributed by atoms with Crippen LogP contribution in [0.15, 0.2) is 30.5 Å². The first-order valence-electron chi connectivity index (χ1n) is 5.50. The Labute approximate surface area is 119 Å². The first-order valence-corrected chi connectivity index (χ1v) is 6.58. The second-order valence-corrected chi connectivity index (χ2v) is 5.00. The second-order valence-electron chi connectivity index (χ2n) is 3.75. The number of nitrogen functional groups attached to an aromatic ring is 1. The molecule has 18 heavy (non-hydrogen) atoms. The van der Waals surface area contributed by atoms with Crippen molar-refractivity contribution in [3.63, 3.8) is 0 Å². The minimum atomic E-state index is -0.290. The molecule has 5 nitrogen and oxygen atoms in total. The molecule has 6 heteroatoms. The van der Waals surface area contributed by atoms with Crippen molar-refractivity contribution in [1.82, 2.24) is 9.78 Å². The quantitative estimate of drug-likeness (QED) is 0.830. The van der Waals surface area contributed by atoms with Crippen molar-refractivity contribution in [2.75, 3.05) is 11.1 Å². The zero-order valence-electron chi connectivity index (χ0n) is 9.85. The number of nitrogens with two attached hydrogens (primary N) is 1. The molecule has 3 N–H and O–H groups in total. The number of carbonyl (C=O) groups is 1. The Morgan fingerprint density at radius 1 is 1.56 bits per heavy atom. The highest BCUT2D eigenvalue weighted by Gasteiger charge is 2.14. The minimum absolute atomic E-state index is 0.260. The van der Waals surface area contributed by atoms with E-state index in [0.29, 0.717) is 12.2 Å². The SMILES string of the molecule is CCn1cc(N)c(C(=O)Nc2cccc(I)c2)n1. The van der Waals surface area contributed by atoms with Crippen molar-refractivity contribution in [2.45, 2.75) is 13.5 Å². The van der Waals surface area contributed by atoms with Gasteiger partial charge in [0.15, 0.2) is 5.69 Å². The average molecular weight is 356 g/mol. The van der Waals surface area contributed by atoms with Crippen LogP contribution in [-0.2, 0) is 6.54 Å². The molecule has 0 unspecified atom stereocenters. The molecule has 0 radical (unpaired) electrons. The maximum Gasteiger partial charge on any atom is 0.278 e. The van der Waals surface area contributed by atoms with Crippen molar-refractivity contribution in [3.05, 3.63) is 39.7 Å². The van der Waals surface area contributed by atoms with Gasteiger partial charge < -0.3 is 11.1 Å². The predicted molar refractivity (Wildman–Crippen MR) is 79.4 cm³/mol. The van der Waals surface area contributed by atoms with Crippen molar-refractivity contribution in [2.24, 2.45) is 0 Å². The van der Waals surface area contributed by atoms with Crippen LogP contribution in [-0.4, -0.2) is 15.7 Å².